The van der Waals surface area contributed by atoms with Crippen molar-refractivity contribution in [2.75, 3.05) is 13.2 Å². The molecule has 2 fully saturated rings. The lowest BCUT2D eigenvalue weighted by molar-refractivity contribution is -0.284. The fraction of sp³-hybridized carbons (Fsp3) is 0.846. The fourth-order valence-corrected chi connectivity index (χ4v) is 4.94. The maximum atomic E-state index is 12.1. The van der Waals surface area contributed by atoms with Crippen LogP contribution in [0.15, 0.2) is 11.6 Å². The average molecular weight is 501 g/mol. The second-order valence-corrected chi connectivity index (χ2v) is 10.2. The highest BCUT2D eigenvalue weighted by molar-refractivity contribution is 5.82. The van der Waals surface area contributed by atoms with Gasteiger partial charge in [-0.1, -0.05) is 38.2 Å². The van der Waals surface area contributed by atoms with E-state index < -0.39 is 42.6 Å². The molecule has 0 radical (unpaired) electrons. The van der Waals surface area contributed by atoms with Crippen molar-refractivity contribution in [1.29, 1.82) is 0 Å². The second kappa shape index (κ2) is 14.9. The van der Waals surface area contributed by atoms with Gasteiger partial charge in [0.2, 0.25) is 0 Å². The molecular formula is C26H44O9. The van der Waals surface area contributed by atoms with Gasteiger partial charge in [0.05, 0.1) is 31.5 Å². The van der Waals surface area contributed by atoms with Crippen molar-refractivity contribution in [3.8, 4) is 0 Å². The van der Waals surface area contributed by atoms with Gasteiger partial charge in [-0.2, -0.15) is 0 Å². The van der Waals surface area contributed by atoms with Crippen LogP contribution in [0, 0.1) is 17.8 Å². The van der Waals surface area contributed by atoms with E-state index in [1.54, 1.807) is 13.8 Å². The number of carboxylic acid groups (broad SMARTS) is 1. The number of aliphatic carboxylic acids is 1. The fourth-order valence-electron chi connectivity index (χ4n) is 4.94. The van der Waals surface area contributed by atoms with E-state index in [0.717, 1.165) is 37.7 Å². The highest BCUT2D eigenvalue weighted by Crippen LogP contribution is 2.40. The molecule has 0 aromatic carbocycles. The Labute approximate surface area is 208 Å². The van der Waals surface area contributed by atoms with E-state index in [9.17, 15) is 24.9 Å². The molecule has 0 aliphatic carbocycles. The molecular weight excluding hydrogens is 456 g/mol. The van der Waals surface area contributed by atoms with Crippen molar-refractivity contribution >= 4 is 11.9 Å². The number of hydrogen-bond donors (Lipinski definition) is 4. The van der Waals surface area contributed by atoms with Gasteiger partial charge in [0, 0.05) is 24.3 Å². The first kappa shape index (κ1) is 29.7. The molecule has 2 saturated heterocycles. The van der Waals surface area contributed by atoms with Crippen LogP contribution in [-0.2, 0) is 23.8 Å². The second-order valence-electron chi connectivity index (χ2n) is 10.2. The molecule has 35 heavy (non-hydrogen) atoms. The minimum Gasteiger partial charge on any atom is -0.481 e. The highest BCUT2D eigenvalue weighted by atomic mass is 16.6. The summed E-state index contributed by atoms with van der Waals surface area (Å²) in [5, 5.41) is 39.8. The Bertz CT molecular complexity index is 692. The number of rotatable bonds is 14. The summed E-state index contributed by atoms with van der Waals surface area (Å²) in [7, 11) is 0. The maximum Gasteiger partial charge on any atom is 0.330 e. The van der Waals surface area contributed by atoms with Crippen molar-refractivity contribution in [2.24, 2.45) is 17.8 Å². The first-order valence-corrected chi connectivity index (χ1v) is 13.0. The van der Waals surface area contributed by atoms with E-state index >= 15 is 0 Å². The van der Waals surface area contributed by atoms with Crippen LogP contribution in [0.1, 0.15) is 78.6 Å². The normalized spacial score (nSPS) is 30.9. The van der Waals surface area contributed by atoms with E-state index in [0.29, 0.717) is 32.5 Å². The van der Waals surface area contributed by atoms with Crippen LogP contribution in [0.25, 0.3) is 0 Å². The van der Waals surface area contributed by atoms with Crippen molar-refractivity contribution in [1.82, 2.24) is 0 Å². The quantitative estimate of drug-likeness (QED) is 0.161. The lowest BCUT2D eigenvalue weighted by Crippen LogP contribution is -2.57. The lowest BCUT2D eigenvalue weighted by atomic mass is 9.76. The molecule has 202 valence electrons. The van der Waals surface area contributed by atoms with Gasteiger partial charge in [-0.15, -0.1) is 0 Å². The Morgan fingerprint density at radius 2 is 1.74 bits per heavy atom. The summed E-state index contributed by atoms with van der Waals surface area (Å²) in [5.41, 5.74) is 0.730. The van der Waals surface area contributed by atoms with Crippen LogP contribution >= 0.6 is 0 Å². The third-order valence-corrected chi connectivity index (χ3v) is 7.30. The number of ether oxygens (including phenoxy) is 3. The molecule has 0 saturated carbocycles. The predicted molar refractivity (Wildman–Crippen MR) is 128 cm³/mol. The Kier molecular flexibility index (Phi) is 12.6. The van der Waals surface area contributed by atoms with E-state index in [4.69, 9.17) is 19.3 Å². The Morgan fingerprint density at radius 1 is 1.09 bits per heavy atom. The van der Waals surface area contributed by atoms with Gasteiger partial charge in [0.15, 0.2) is 6.29 Å². The van der Waals surface area contributed by atoms with Gasteiger partial charge in [-0.05, 0) is 45.4 Å². The Hall–Kier alpha value is -1.52. The molecule has 2 aliphatic rings. The zero-order valence-electron chi connectivity index (χ0n) is 21.3. The summed E-state index contributed by atoms with van der Waals surface area (Å²) in [5.74, 6) is -1.61. The van der Waals surface area contributed by atoms with Crippen molar-refractivity contribution in [3.63, 3.8) is 0 Å². The van der Waals surface area contributed by atoms with Gasteiger partial charge in [-0.25, -0.2) is 4.79 Å². The highest BCUT2D eigenvalue weighted by Gasteiger charge is 2.48. The standard InChI is InChI=1S/C26H44O9/c1-16(13-23(30)33-11-9-7-5-4-6-8-10-22(28)29)12-21-24(31)25-19(15-34-21)14-20(26(32)35-25)17(2)18(3)27/h13,17-21,24-27,31-32H,4-12,14-15H2,1-3H3,(H,28,29)/b16-13+/t17-,18+,19+,20+,21+,24+,25-,26-/m1/s1. The molecule has 0 spiro atoms. The smallest absolute Gasteiger partial charge is 0.330 e. The van der Waals surface area contributed by atoms with Crippen molar-refractivity contribution in [2.45, 2.75) is 109 Å². The zero-order valence-corrected chi connectivity index (χ0v) is 21.3. The molecule has 0 bridgehead atoms. The van der Waals surface area contributed by atoms with Gasteiger partial charge < -0.3 is 34.6 Å². The van der Waals surface area contributed by atoms with E-state index in [2.05, 4.69) is 0 Å². The average Bonchev–Trinajstić information content (AvgIpc) is 2.79. The van der Waals surface area contributed by atoms with Crippen LogP contribution < -0.4 is 0 Å². The van der Waals surface area contributed by atoms with E-state index in [1.165, 1.54) is 6.08 Å². The molecule has 2 heterocycles. The summed E-state index contributed by atoms with van der Waals surface area (Å²) in [6, 6.07) is 0. The molecule has 0 aromatic rings. The van der Waals surface area contributed by atoms with Gasteiger partial charge in [0.25, 0.3) is 0 Å². The van der Waals surface area contributed by atoms with E-state index in [1.807, 2.05) is 6.92 Å². The number of fused-ring (bicyclic) bond motifs is 1. The molecule has 9 heteroatoms. The molecule has 2 aliphatic heterocycles. The number of aliphatic hydroxyl groups is 3. The van der Waals surface area contributed by atoms with Crippen molar-refractivity contribution < 1.29 is 44.2 Å². The van der Waals surface area contributed by atoms with Gasteiger partial charge in [-0.3, -0.25) is 4.79 Å². The summed E-state index contributed by atoms with van der Waals surface area (Å²) >= 11 is 0. The summed E-state index contributed by atoms with van der Waals surface area (Å²) in [6.07, 6.45) is 4.20. The molecule has 0 aromatic heterocycles. The molecule has 0 unspecified atom stereocenters. The van der Waals surface area contributed by atoms with Crippen molar-refractivity contribution in [3.05, 3.63) is 11.6 Å². The number of carbonyl (C=O) groups excluding carboxylic acids is 1. The summed E-state index contributed by atoms with van der Waals surface area (Å²) in [4.78, 5) is 22.6. The maximum absolute atomic E-state index is 12.1. The van der Waals surface area contributed by atoms with Crippen LogP contribution in [0.2, 0.25) is 0 Å². The molecule has 4 N–H and O–H groups in total. The first-order valence-electron chi connectivity index (χ1n) is 13.0. The van der Waals surface area contributed by atoms with Gasteiger partial charge >= 0.3 is 11.9 Å². The van der Waals surface area contributed by atoms with Crippen LogP contribution in [0.3, 0.4) is 0 Å². The van der Waals surface area contributed by atoms with Gasteiger partial charge in [0.1, 0.15) is 6.10 Å². The minimum absolute atomic E-state index is 0.0673. The number of carboxylic acids is 1. The molecule has 9 nitrogen and oxygen atoms in total. The first-order chi connectivity index (χ1) is 16.6. The minimum atomic E-state index is -1.05. The monoisotopic (exact) mass is 500 g/mol. The third kappa shape index (κ3) is 9.80. The molecule has 2 rings (SSSR count). The number of unbranched alkanes of at least 4 members (excludes halogenated alkanes) is 5. The van der Waals surface area contributed by atoms with Crippen LogP contribution in [0.5, 0.6) is 0 Å². The number of carbonyl (C=O) groups is 2. The molecule has 0 amide bonds. The summed E-state index contributed by atoms with van der Waals surface area (Å²) in [6.45, 7) is 6.08. The molecule has 8 atom stereocenters. The Morgan fingerprint density at radius 3 is 2.40 bits per heavy atom. The number of aliphatic hydroxyl groups excluding tert-OH is 3. The number of esters is 1. The lowest BCUT2D eigenvalue weighted by Gasteiger charge is -2.48. The largest absolute Gasteiger partial charge is 0.481 e. The zero-order chi connectivity index (χ0) is 26.0. The van der Waals surface area contributed by atoms with E-state index in [-0.39, 0.29) is 24.2 Å². The third-order valence-electron chi connectivity index (χ3n) is 7.30. The predicted octanol–water partition coefficient (Wildman–Crippen LogP) is 2.80. The topological polar surface area (TPSA) is 143 Å². The van der Waals surface area contributed by atoms with Crippen LogP contribution in [-0.4, -0.2) is 76.3 Å². The SMILES string of the molecule is C/C(=C\C(=O)OCCCCCCCCC(=O)O)C[C@@H]1OC[C@@H]2C[C@@H]([C@H](C)[C@H](C)O)[C@H](O)O[C@H]2[C@H]1O. The summed E-state index contributed by atoms with van der Waals surface area (Å²) < 4.78 is 16.9. The van der Waals surface area contributed by atoms with Crippen LogP contribution in [0.4, 0.5) is 0 Å². The Balaban J connectivity index is 1.69. The number of hydrogen-bond acceptors (Lipinski definition) is 8.